The molecule has 1 aromatic rings. The van der Waals surface area contributed by atoms with Crippen LogP contribution in [0, 0.1) is 17.6 Å². The zero-order chi connectivity index (χ0) is 14.6. The predicted octanol–water partition coefficient (Wildman–Crippen LogP) is 1.59. The Kier molecular flexibility index (Phi) is 4.97. The third-order valence-electron chi connectivity index (χ3n) is 2.93. The zero-order valence-corrected chi connectivity index (χ0v) is 10.7. The molecule has 6 heteroatoms. The van der Waals surface area contributed by atoms with E-state index in [4.69, 9.17) is 5.73 Å². The van der Waals surface area contributed by atoms with Crippen molar-refractivity contribution in [3.05, 3.63) is 35.4 Å². The molecule has 0 aliphatic carbocycles. The molecule has 2 atom stereocenters. The number of hydrogen-bond donors (Lipinski definition) is 2. The molecule has 0 spiro atoms. The SMILES string of the molecule is CC[C@H](C)[C@H](NC(=O)c1cc(F)cc(F)c1)C(N)=O. The van der Waals surface area contributed by atoms with Crippen molar-refractivity contribution in [2.75, 3.05) is 0 Å². The molecule has 0 fully saturated rings. The van der Waals surface area contributed by atoms with Gasteiger partial charge in [-0.25, -0.2) is 8.78 Å². The largest absolute Gasteiger partial charge is 0.368 e. The molecule has 1 aromatic carbocycles. The minimum atomic E-state index is -0.871. The van der Waals surface area contributed by atoms with Gasteiger partial charge in [0.2, 0.25) is 5.91 Å². The summed E-state index contributed by atoms with van der Waals surface area (Å²) in [6.07, 6.45) is 0.630. The predicted molar refractivity (Wildman–Crippen MR) is 66.3 cm³/mol. The first-order valence-electron chi connectivity index (χ1n) is 5.91. The van der Waals surface area contributed by atoms with Crippen molar-refractivity contribution in [3.63, 3.8) is 0 Å². The monoisotopic (exact) mass is 270 g/mol. The van der Waals surface area contributed by atoms with Gasteiger partial charge < -0.3 is 11.1 Å². The summed E-state index contributed by atoms with van der Waals surface area (Å²) in [5.74, 6) is -3.30. The smallest absolute Gasteiger partial charge is 0.252 e. The highest BCUT2D eigenvalue weighted by molar-refractivity contribution is 5.97. The first-order chi connectivity index (χ1) is 8.85. The summed E-state index contributed by atoms with van der Waals surface area (Å²) in [4.78, 5) is 23.1. The maximum atomic E-state index is 13.0. The number of carbonyl (C=O) groups is 2. The van der Waals surface area contributed by atoms with Crippen molar-refractivity contribution >= 4 is 11.8 Å². The van der Waals surface area contributed by atoms with Crippen LogP contribution in [0.25, 0.3) is 0 Å². The van der Waals surface area contributed by atoms with E-state index >= 15 is 0 Å². The van der Waals surface area contributed by atoms with Crippen LogP contribution >= 0.6 is 0 Å². The normalized spacial score (nSPS) is 13.7. The van der Waals surface area contributed by atoms with Gasteiger partial charge in [0.05, 0.1) is 0 Å². The van der Waals surface area contributed by atoms with Crippen molar-refractivity contribution in [1.82, 2.24) is 5.32 Å². The second-order valence-corrected chi connectivity index (χ2v) is 4.40. The second kappa shape index (κ2) is 6.26. The third kappa shape index (κ3) is 4.01. The van der Waals surface area contributed by atoms with Crippen LogP contribution in [0.2, 0.25) is 0 Å². The number of benzene rings is 1. The quantitative estimate of drug-likeness (QED) is 0.853. The van der Waals surface area contributed by atoms with Crippen molar-refractivity contribution in [1.29, 1.82) is 0 Å². The van der Waals surface area contributed by atoms with E-state index in [0.29, 0.717) is 12.5 Å². The molecule has 0 aliphatic heterocycles. The van der Waals surface area contributed by atoms with Crippen LogP contribution in [0.5, 0.6) is 0 Å². The Labute approximate surface area is 110 Å². The van der Waals surface area contributed by atoms with Gasteiger partial charge in [-0.1, -0.05) is 20.3 Å². The second-order valence-electron chi connectivity index (χ2n) is 4.40. The first kappa shape index (κ1) is 15.1. The van der Waals surface area contributed by atoms with Crippen LogP contribution in [-0.2, 0) is 4.79 Å². The maximum Gasteiger partial charge on any atom is 0.252 e. The standard InChI is InChI=1S/C13H16F2N2O2/c1-3-7(2)11(12(16)18)17-13(19)8-4-9(14)6-10(15)5-8/h4-7,11H,3H2,1-2H3,(H2,16,18)(H,17,19)/t7-,11-/m0/s1. The first-order valence-corrected chi connectivity index (χ1v) is 5.91. The molecule has 0 unspecified atom stereocenters. The van der Waals surface area contributed by atoms with Crippen molar-refractivity contribution in [2.45, 2.75) is 26.3 Å². The van der Waals surface area contributed by atoms with Gasteiger partial charge in [-0.3, -0.25) is 9.59 Å². The molecule has 0 saturated heterocycles. The number of primary amides is 1. The lowest BCUT2D eigenvalue weighted by Crippen LogP contribution is -2.48. The summed E-state index contributed by atoms with van der Waals surface area (Å²) in [5.41, 5.74) is 5.01. The number of carbonyl (C=O) groups excluding carboxylic acids is 2. The van der Waals surface area contributed by atoms with Gasteiger partial charge in [0.25, 0.3) is 5.91 Å². The van der Waals surface area contributed by atoms with Gasteiger partial charge in [-0.15, -0.1) is 0 Å². The average Bonchev–Trinajstić information content (AvgIpc) is 2.33. The fourth-order valence-electron chi connectivity index (χ4n) is 1.64. The third-order valence-corrected chi connectivity index (χ3v) is 2.93. The molecular weight excluding hydrogens is 254 g/mol. The molecule has 4 nitrogen and oxygen atoms in total. The summed E-state index contributed by atoms with van der Waals surface area (Å²) in [7, 11) is 0. The van der Waals surface area contributed by atoms with E-state index in [1.54, 1.807) is 6.92 Å². The highest BCUT2D eigenvalue weighted by atomic mass is 19.1. The molecule has 2 amide bonds. The summed E-state index contributed by atoms with van der Waals surface area (Å²) in [5, 5.41) is 2.39. The molecular formula is C13H16F2N2O2. The highest BCUT2D eigenvalue weighted by Crippen LogP contribution is 2.11. The highest BCUT2D eigenvalue weighted by Gasteiger charge is 2.24. The Morgan fingerprint density at radius 1 is 1.26 bits per heavy atom. The van der Waals surface area contributed by atoms with Crippen molar-refractivity contribution in [3.8, 4) is 0 Å². The van der Waals surface area contributed by atoms with E-state index < -0.39 is 29.5 Å². The molecule has 19 heavy (non-hydrogen) atoms. The molecule has 3 N–H and O–H groups in total. The molecule has 0 saturated carbocycles. The molecule has 0 aliphatic rings. The van der Waals surface area contributed by atoms with Crippen LogP contribution in [0.1, 0.15) is 30.6 Å². The van der Waals surface area contributed by atoms with Crippen LogP contribution in [0.3, 0.4) is 0 Å². The Balaban J connectivity index is 2.90. The van der Waals surface area contributed by atoms with Crippen molar-refractivity contribution in [2.24, 2.45) is 11.7 Å². The molecule has 0 heterocycles. The summed E-state index contributed by atoms with van der Waals surface area (Å²) < 4.78 is 26.0. The summed E-state index contributed by atoms with van der Waals surface area (Å²) in [6, 6.07) is 1.58. The molecule has 0 aromatic heterocycles. The number of hydrogen-bond acceptors (Lipinski definition) is 2. The van der Waals surface area contributed by atoms with Gasteiger partial charge in [-0.2, -0.15) is 0 Å². The topological polar surface area (TPSA) is 72.2 Å². The molecule has 1 rings (SSSR count). The maximum absolute atomic E-state index is 13.0. The lowest BCUT2D eigenvalue weighted by atomic mass is 9.98. The summed E-state index contributed by atoms with van der Waals surface area (Å²) in [6.45, 7) is 3.59. The van der Waals surface area contributed by atoms with Gasteiger partial charge in [0.1, 0.15) is 17.7 Å². The van der Waals surface area contributed by atoms with Crippen molar-refractivity contribution < 1.29 is 18.4 Å². The van der Waals surface area contributed by atoms with E-state index in [0.717, 1.165) is 12.1 Å². The fraction of sp³-hybridized carbons (Fsp3) is 0.385. The van der Waals surface area contributed by atoms with Gasteiger partial charge in [-0.05, 0) is 18.1 Å². The number of rotatable bonds is 5. The Morgan fingerprint density at radius 2 is 1.79 bits per heavy atom. The van der Waals surface area contributed by atoms with Crippen LogP contribution in [0.15, 0.2) is 18.2 Å². The van der Waals surface area contributed by atoms with E-state index in [1.165, 1.54) is 0 Å². The van der Waals surface area contributed by atoms with Crippen LogP contribution in [-0.4, -0.2) is 17.9 Å². The Morgan fingerprint density at radius 3 is 2.21 bits per heavy atom. The van der Waals surface area contributed by atoms with Gasteiger partial charge in [0, 0.05) is 11.6 Å². The number of nitrogens with one attached hydrogen (secondary N) is 1. The van der Waals surface area contributed by atoms with E-state index in [-0.39, 0.29) is 11.5 Å². The average molecular weight is 270 g/mol. The lowest BCUT2D eigenvalue weighted by Gasteiger charge is -2.21. The van der Waals surface area contributed by atoms with E-state index in [9.17, 15) is 18.4 Å². The van der Waals surface area contributed by atoms with E-state index in [2.05, 4.69) is 5.32 Å². The number of amides is 2. The van der Waals surface area contributed by atoms with Crippen LogP contribution in [0.4, 0.5) is 8.78 Å². The minimum Gasteiger partial charge on any atom is -0.368 e. The lowest BCUT2D eigenvalue weighted by molar-refractivity contribution is -0.120. The molecule has 0 radical (unpaired) electrons. The number of halogens is 2. The van der Waals surface area contributed by atoms with E-state index in [1.807, 2.05) is 6.92 Å². The van der Waals surface area contributed by atoms with Gasteiger partial charge >= 0.3 is 0 Å². The summed E-state index contributed by atoms with van der Waals surface area (Å²) >= 11 is 0. The number of nitrogens with two attached hydrogens (primary N) is 1. The zero-order valence-electron chi connectivity index (χ0n) is 10.7. The minimum absolute atomic E-state index is 0.167. The fourth-order valence-corrected chi connectivity index (χ4v) is 1.64. The molecule has 0 bridgehead atoms. The molecule has 104 valence electrons. The van der Waals surface area contributed by atoms with Crippen LogP contribution < -0.4 is 11.1 Å². The Bertz CT molecular complexity index is 471. The van der Waals surface area contributed by atoms with Gasteiger partial charge in [0.15, 0.2) is 0 Å². The Hall–Kier alpha value is -1.98.